The van der Waals surface area contributed by atoms with Crippen molar-refractivity contribution in [2.24, 2.45) is 5.73 Å². The Morgan fingerprint density at radius 2 is 2.08 bits per heavy atom. The summed E-state index contributed by atoms with van der Waals surface area (Å²) in [5.41, 5.74) is 4.59. The third-order valence-corrected chi connectivity index (χ3v) is 2.30. The molecule has 1 saturated heterocycles. The van der Waals surface area contributed by atoms with Gasteiger partial charge in [-0.25, -0.2) is 0 Å². The highest BCUT2D eigenvalue weighted by atomic mass is 16.7. The van der Waals surface area contributed by atoms with Gasteiger partial charge < -0.3 is 15.7 Å². The van der Waals surface area contributed by atoms with E-state index >= 15 is 0 Å². The van der Waals surface area contributed by atoms with Gasteiger partial charge >= 0.3 is 5.97 Å². The van der Waals surface area contributed by atoms with Gasteiger partial charge in [-0.2, -0.15) is 5.06 Å². The summed E-state index contributed by atoms with van der Waals surface area (Å²) < 4.78 is 0. The molecule has 0 aromatic carbocycles. The molecule has 0 saturated carbocycles. The summed E-state index contributed by atoms with van der Waals surface area (Å²) in [7, 11) is 1.57. The molecule has 1 fully saturated rings. The van der Waals surface area contributed by atoms with Gasteiger partial charge in [-0.05, 0) is 12.8 Å². The van der Waals surface area contributed by atoms with Crippen LogP contribution in [0.25, 0.3) is 0 Å². The van der Waals surface area contributed by atoms with Gasteiger partial charge in [0.25, 0.3) is 0 Å². The number of aliphatic carboxylic acids is 1. The number of rotatable bonds is 2. The zero-order valence-corrected chi connectivity index (χ0v) is 7.12. The maximum Gasteiger partial charge on any atom is 0.323 e. The Balaban J connectivity index is 2.49. The van der Waals surface area contributed by atoms with Gasteiger partial charge in [0.05, 0.1) is 7.11 Å². The van der Waals surface area contributed by atoms with Crippen LogP contribution in [-0.2, 0) is 9.63 Å². The SMILES string of the molecule is CON1CCC(N)(C(=O)O)CC1. The molecule has 1 aliphatic rings. The molecule has 0 amide bonds. The Bertz CT molecular complexity index is 175. The molecular weight excluding hydrogens is 160 g/mol. The fourth-order valence-electron chi connectivity index (χ4n) is 1.28. The van der Waals surface area contributed by atoms with Crippen molar-refractivity contribution in [3.8, 4) is 0 Å². The third-order valence-electron chi connectivity index (χ3n) is 2.30. The number of hydroxylamine groups is 2. The molecule has 0 spiro atoms. The van der Waals surface area contributed by atoms with E-state index in [0.717, 1.165) is 0 Å². The van der Waals surface area contributed by atoms with Crippen molar-refractivity contribution in [3.63, 3.8) is 0 Å². The van der Waals surface area contributed by atoms with Crippen LogP contribution in [0.5, 0.6) is 0 Å². The second kappa shape index (κ2) is 3.38. The van der Waals surface area contributed by atoms with Crippen LogP contribution in [0.4, 0.5) is 0 Å². The van der Waals surface area contributed by atoms with Gasteiger partial charge in [-0.15, -0.1) is 0 Å². The van der Waals surface area contributed by atoms with Crippen molar-refractivity contribution in [2.75, 3.05) is 20.2 Å². The number of carboxylic acids is 1. The minimum Gasteiger partial charge on any atom is -0.480 e. The molecule has 0 unspecified atom stereocenters. The Morgan fingerprint density at radius 1 is 1.58 bits per heavy atom. The van der Waals surface area contributed by atoms with Crippen molar-refractivity contribution in [2.45, 2.75) is 18.4 Å². The standard InChI is InChI=1S/C7H14N2O3/c1-12-9-4-2-7(8,3-5-9)6(10)11/h2-5,8H2,1H3,(H,10,11). The van der Waals surface area contributed by atoms with Crippen molar-refractivity contribution >= 4 is 5.97 Å². The van der Waals surface area contributed by atoms with E-state index in [2.05, 4.69) is 0 Å². The van der Waals surface area contributed by atoms with Crippen LogP contribution >= 0.6 is 0 Å². The van der Waals surface area contributed by atoms with E-state index in [1.165, 1.54) is 0 Å². The Kier molecular flexibility index (Phi) is 2.66. The molecule has 0 aliphatic carbocycles. The van der Waals surface area contributed by atoms with E-state index < -0.39 is 11.5 Å². The van der Waals surface area contributed by atoms with E-state index in [0.29, 0.717) is 25.9 Å². The summed E-state index contributed by atoms with van der Waals surface area (Å²) in [6, 6.07) is 0. The van der Waals surface area contributed by atoms with Gasteiger partial charge in [0.2, 0.25) is 0 Å². The largest absolute Gasteiger partial charge is 0.480 e. The summed E-state index contributed by atoms with van der Waals surface area (Å²) in [5, 5.41) is 10.5. The first kappa shape index (κ1) is 9.44. The Morgan fingerprint density at radius 3 is 2.42 bits per heavy atom. The monoisotopic (exact) mass is 174 g/mol. The van der Waals surface area contributed by atoms with E-state index in [-0.39, 0.29) is 0 Å². The van der Waals surface area contributed by atoms with Gasteiger partial charge in [-0.3, -0.25) is 4.79 Å². The molecule has 1 aliphatic heterocycles. The quantitative estimate of drug-likeness (QED) is 0.586. The number of carboxylic acid groups (broad SMARTS) is 1. The van der Waals surface area contributed by atoms with Crippen LogP contribution in [0.1, 0.15) is 12.8 Å². The number of carbonyl (C=O) groups is 1. The first-order valence-electron chi connectivity index (χ1n) is 3.90. The molecule has 70 valence electrons. The summed E-state index contributed by atoms with van der Waals surface area (Å²) in [5.74, 6) is -0.918. The van der Waals surface area contributed by atoms with Crippen LogP contribution in [0.3, 0.4) is 0 Å². The molecule has 5 nitrogen and oxygen atoms in total. The van der Waals surface area contributed by atoms with Gasteiger partial charge in [-0.1, -0.05) is 0 Å². The minimum absolute atomic E-state index is 0.441. The predicted molar refractivity (Wildman–Crippen MR) is 42.4 cm³/mol. The lowest BCUT2D eigenvalue weighted by molar-refractivity contribution is -0.164. The fourth-order valence-corrected chi connectivity index (χ4v) is 1.28. The molecule has 1 heterocycles. The van der Waals surface area contributed by atoms with Crippen LogP contribution < -0.4 is 5.73 Å². The normalized spacial score (nSPS) is 23.8. The average molecular weight is 174 g/mol. The van der Waals surface area contributed by atoms with Gasteiger partial charge in [0.15, 0.2) is 0 Å². The summed E-state index contributed by atoms with van der Waals surface area (Å²) in [6.07, 6.45) is 0.881. The topological polar surface area (TPSA) is 75.8 Å². The molecular formula is C7H14N2O3. The number of hydrogen-bond donors (Lipinski definition) is 2. The number of piperidine rings is 1. The maximum absolute atomic E-state index is 10.7. The summed E-state index contributed by atoms with van der Waals surface area (Å²) >= 11 is 0. The summed E-state index contributed by atoms with van der Waals surface area (Å²) in [4.78, 5) is 15.6. The molecule has 0 bridgehead atoms. The molecule has 3 N–H and O–H groups in total. The molecule has 5 heteroatoms. The molecule has 1 rings (SSSR count). The summed E-state index contributed by atoms with van der Waals surface area (Å²) in [6.45, 7) is 1.17. The van der Waals surface area contributed by atoms with E-state index in [4.69, 9.17) is 15.7 Å². The highest BCUT2D eigenvalue weighted by Crippen LogP contribution is 2.19. The van der Waals surface area contributed by atoms with Gasteiger partial charge in [0, 0.05) is 13.1 Å². The third kappa shape index (κ3) is 1.74. The molecule has 0 aromatic rings. The molecule has 0 aromatic heterocycles. The van der Waals surface area contributed by atoms with Crippen molar-refractivity contribution in [3.05, 3.63) is 0 Å². The van der Waals surface area contributed by atoms with Gasteiger partial charge in [0.1, 0.15) is 5.54 Å². The van der Waals surface area contributed by atoms with E-state index in [9.17, 15) is 4.79 Å². The zero-order chi connectivity index (χ0) is 9.19. The second-order valence-corrected chi connectivity index (χ2v) is 3.07. The highest BCUT2D eigenvalue weighted by Gasteiger charge is 2.37. The van der Waals surface area contributed by atoms with Crippen molar-refractivity contribution in [1.29, 1.82) is 0 Å². The lowest BCUT2D eigenvalue weighted by Gasteiger charge is -2.34. The lowest BCUT2D eigenvalue weighted by atomic mass is 9.90. The predicted octanol–water partition coefficient (Wildman–Crippen LogP) is -0.574. The highest BCUT2D eigenvalue weighted by molar-refractivity contribution is 5.78. The lowest BCUT2D eigenvalue weighted by Crippen LogP contribution is -2.55. The zero-order valence-electron chi connectivity index (χ0n) is 7.12. The average Bonchev–Trinajstić information content (AvgIpc) is 2.06. The van der Waals surface area contributed by atoms with Crippen LogP contribution in [0.15, 0.2) is 0 Å². The van der Waals surface area contributed by atoms with E-state index in [1.807, 2.05) is 0 Å². The van der Waals surface area contributed by atoms with E-state index in [1.54, 1.807) is 12.2 Å². The van der Waals surface area contributed by atoms with Crippen LogP contribution in [-0.4, -0.2) is 41.9 Å². The fraction of sp³-hybridized carbons (Fsp3) is 0.857. The molecule has 12 heavy (non-hydrogen) atoms. The van der Waals surface area contributed by atoms with Crippen molar-refractivity contribution in [1.82, 2.24) is 5.06 Å². The van der Waals surface area contributed by atoms with Crippen LogP contribution in [0, 0.1) is 0 Å². The number of hydrogen-bond acceptors (Lipinski definition) is 4. The molecule has 0 atom stereocenters. The Labute approximate surface area is 71.0 Å². The smallest absolute Gasteiger partial charge is 0.323 e. The van der Waals surface area contributed by atoms with Crippen LogP contribution in [0.2, 0.25) is 0 Å². The Hall–Kier alpha value is -0.650. The second-order valence-electron chi connectivity index (χ2n) is 3.07. The number of nitrogens with two attached hydrogens (primary N) is 1. The first-order valence-corrected chi connectivity index (χ1v) is 3.90. The maximum atomic E-state index is 10.7. The number of nitrogens with zero attached hydrogens (tertiary/aromatic N) is 1. The van der Waals surface area contributed by atoms with Crippen molar-refractivity contribution < 1.29 is 14.7 Å². The molecule has 0 radical (unpaired) electrons. The minimum atomic E-state index is -1.05. The first-order chi connectivity index (χ1) is 5.58.